The van der Waals surface area contributed by atoms with Crippen molar-refractivity contribution in [2.75, 3.05) is 13.2 Å². The number of nitrogens with one attached hydrogen (secondary N) is 1. The lowest BCUT2D eigenvalue weighted by atomic mass is 9.82. The number of halogens is 1. The summed E-state index contributed by atoms with van der Waals surface area (Å²) < 4.78 is 7.29. The second-order valence-electron chi connectivity index (χ2n) is 9.73. The first-order valence-electron chi connectivity index (χ1n) is 12.0. The van der Waals surface area contributed by atoms with Crippen LogP contribution in [0.15, 0.2) is 42.5 Å². The number of aromatic nitrogens is 1. The zero-order valence-corrected chi connectivity index (χ0v) is 20.3. The lowest BCUT2D eigenvalue weighted by Gasteiger charge is -2.42. The Morgan fingerprint density at radius 1 is 1.17 bits per heavy atom. The van der Waals surface area contributed by atoms with E-state index in [-0.39, 0.29) is 18.4 Å². The molecule has 1 amide bonds. The summed E-state index contributed by atoms with van der Waals surface area (Å²) in [6.07, 6.45) is 4.06. The molecule has 35 heavy (non-hydrogen) atoms. The molecule has 1 atom stereocenters. The molecule has 2 fully saturated rings. The Morgan fingerprint density at radius 2 is 1.86 bits per heavy atom. The molecule has 3 N–H and O–H groups in total. The van der Waals surface area contributed by atoms with Crippen LogP contribution < -0.4 is 5.32 Å². The van der Waals surface area contributed by atoms with Crippen molar-refractivity contribution >= 4 is 34.4 Å². The summed E-state index contributed by atoms with van der Waals surface area (Å²) in [4.78, 5) is 25.4. The van der Waals surface area contributed by atoms with Gasteiger partial charge in [-0.05, 0) is 47.6 Å². The Morgan fingerprint density at radius 3 is 2.43 bits per heavy atom. The SMILES string of the molecule is Cn1c(C(=O)NC2(c3ccc(C(C(=O)O)C4CCCC4)cc3)COC2)cc2c(Cl)c(CO)ccc21. The minimum absolute atomic E-state index is 0.170. The van der Waals surface area contributed by atoms with Crippen LogP contribution in [0.25, 0.3) is 10.9 Å². The highest BCUT2D eigenvalue weighted by atomic mass is 35.5. The molecule has 3 aromatic rings. The minimum Gasteiger partial charge on any atom is -0.481 e. The van der Waals surface area contributed by atoms with Gasteiger partial charge in [0.05, 0.1) is 30.8 Å². The van der Waals surface area contributed by atoms with Crippen LogP contribution in [0.1, 0.15) is 58.8 Å². The van der Waals surface area contributed by atoms with Crippen LogP contribution >= 0.6 is 11.6 Å². The van der Waals surface area contributed by atoms with Crippen LogP contribution in [0, 0.1) is 5.92 Å². The largest absolute Gasteiger partial charge is 0.481 e. The van der Waals surface area contributed by atoms with Gasteiger partial charge < -0.3 is 24.8 Å². The molecule has 0 spiro atoms. The molecule has 2 aromatic carbocycles. The fourth-order valence-electron chi connectivity index (χ4n) is 5.58. The summed E-state index contributed by atoms with van der Waals surface area (Å²) >= 11 is 6.44. The third kappa shape index (κ3) is 4.11. The molecule has 1 saturated carbocycles. The third-order valence-corrected chi connectivity index (χ3v) is 8.10. The summed E-state index contributed by atoms with van der Waals surface area (Å²) in [6.45, 7) is 0.496. The van der Waals surface area contributed by atoms with Crippen molar-refractivity contribution in [1.82, 2.24) is 9.88 Å². The van der Waals surface area contributed by atoms with Gasteiger partial charge >= 0.3 is 5.97 Å². The molecular formula is C27H29ClN2O5. The van der Waals surface area contributed by atoms with E-state index in [1.54, 1.807) is 23.7 Å². The second kappa shape index (κ2) is 9.30. The summed E-state index contributed by atoms with van der Waals surface area (Å²) in [5.41, 5.74) is 2.86. The van der Waals surface area contributed by atoms with E-state index >= 15 is 0 Å². The summed E-state index contributed by atoms with van der Waals surface area (Å²) in [6, 6.07) is 12.9. The van der Waals surface area contributed by atoms with Gasteiger partial charge in [0.15, 0.2) is 0 Å². The number of carboxylic acid groups (broad SMARTS) is 1. The number of aryl methyl sites for hydroxylation is 1. The molecule has 7 nitrogen and oxygen atoms in total. The highest BCUT2D eigenvalue weighted by Crippen LogP contribution is 2.39. The maximum Gasteiger partial charge on any atom is 0.311 e. The number of carbonyl (C=O) groups excluding carboxylic acids is 1. The van der Waals surface area contributed by atoms with Gasteiger partial charge in [-0.2, -0.15) is 0 Å². The van der Waals surface area contributed by atoms with E-state index in [9.17, 15) is 19.8 Å². The Balaban J connectivity index is 1.41. The van der Waals surface area contributed by atoms with Gasteiger partial charge in [-0.3, -0.25) is 9.59 Å². The fraction of sp³-hybridized carbons (Fsp3) is 0.407. The number of benzene rings is 2. The van der Waals surface area contributed by atoms with Crippen molar-refractivity contribution < 1.29 is 24.5 Å². The van der Waals surface area contributed by atoms with E-state index < -0.39 is 17.4 Å². The maximum atomic E-state index is 13.4. The smallest absolute Gasteiger partial charge is 0.311 e. The number of hydrogen-bond acceptors (Lipinski definition) is 4. The Bertz CT molecular complexity index is 1270. The van der Waals surface area contributed by atoms with Crippen LogP contribution in [0.3, 0.4) is 0 Å². The van der Waals surface area contributed by atoms with E-state index in [0.29, 0.717) is 34.9 Å². The molecule has 1 aromatic heterocycles. The topological polar surface area (TPSA) is 101 Å². The average molecular weight is 497 g/mol. The van der Waals surface area contributed by atoms with E-state index in [4.69, 9.17) is 16.3 Å². The first kappa shape index (κ1) is 23.9. The molecule has 1 unspecified atom stereocenters. The number of aliphatic carboxylic acids is 1. The number of aliphatic hydroxyl groups excluding tert-OH is 1. The molecule has 2 aliphatic rings. The van der Waals surface area contributed by atoms with Gasteiger partial charge in [0.1, 0.15) is 11.2 Å². The van der Waals surface area contributed by atoms with E-state index in [0.717, 1.165) is 42.3 Å². The molecule has 2 heterocycles. The van der Waals surface area contributed by atoms with Gasteiger partial charge in [0, 0.05) is 18.0 Å². The number of aliphatic hydroxyl groups is 1. The van der Waals surface area contributed by atoms with Crippen LogP contribution in [0.5, 0.6) is 0 Å². The highest BCUT2D eigenvalue weighted by molar-refractivity contribution is 6.36. The number of carboxylic acids is 1. The van der Waals surface area contributed by atoms with Crippen LogP contribution in [-0.2, 0) is 28.7 Å². The Labute approximate surface area is 208 Å². The number of nitrogens with zero attached hydrogens (tertiary/aromatic N) is 1. The Kier molecular flexibility index (Phi) is 6.34. The van der Waals surface area contributed by atoms with Crippen molar-refractivity contribution in [2.45, 2.75) is 43.7 Å². The molecule has 1 saturated heterocycles. The number of hydrogen-bond donors (Lipinski definition) is 3. The van der Waals surface area contributed by atoms with Crippen LogP contribution in [0.2, 0.25) is 5.02 Å². The molecular weight excluding hydrogens is 468 g/mol. The van der Waals surface area contributed by atoms with Crippen molar-refractivity contribution in [1.29, 1.82) is 0 Å². The van der Waals surface area contributed by atoms with Gasteiger partial charge in [-0.1, -0.05) is 54.8 Å². The van der Waals surface area contributed by atoms with Crippen molar-refractivity contribution in [3.05, 3.63) is 69.9 Å². The standard InChI is InChI=1S/C27H29ClN2O5/c1-30-21-11-8-18(13-31)24(28)20(21)12-22(30)25(32)29-27(14-35-15-27)19-9-6-17(7-10-19)23(26(33)34)16-4-2-3-5-16/h6-12,16,23,31H,2-5,13-15H2,1H3,(H,29,32)(H,33,34). The number of ether oxygens (including phenoxy) is 1. The highest BCUT2D eigenvalue weighted by Gasteiger charge is 2.43. The van der Waals surface area contributed by atoms with Gasteiger partial charge in [-0.15, -0.1) is 0 Å². The molecule has 0 bridgehead atoms. The Hall–Kier alpha value is -2.87. The van der Waals surface area contributed by atoms with Crippen LogP contribution in [-0.4, -0.2) is 39.9 Å². The molecule has 5 rings (SSSR count). The zero-order chi connectivity index (χ0) is 24.7. The minimum atomic E-state index is -0.779. The summed E-state index contributed by atoms with van der Waals surface area (Å²) in [7, 11) is 1.81. The number of rotatable bonds is 7. The first-order chi connectivity index (χ1) is 16.8. The molecule has 0 radical (unpaired) electrons. The van der Waals surface area contributed by atoms with Crippen LogP contribution in [0.4, 0.5) is 0 Å². The first-order valence-corrected chi connectivity index (χ1v) is 12.3. The molecule has 1 aliphatic heterocycles. The van der Waals surface area contributed by atoms with Gasteiger partial charge in [-0.25, -0.2) is 0 Å². The summed E-state index contributed by atoms with van der Waals surface area (Å²) in [5, 5.41) is 23.7. The van der Waals surface area contributed by atoms with Crippen molar-refractivity contribution in [2.24, 2.45) is 13.0 Å². The maximum absolute atomic E-state index is 13.4. The second-order valence-corrected chi connectivity index (χ2v) is 10.1. The van der Waals surface area contributed by atoms with Gasteiger partial charge in [0.25, 0.3) is 5.91 Å². The van der Waals surface area contributed by atoms with Crippen molar-refractivity contribution in [3.8, 4) is 0 Å². The summed E-state index contributed by atoms with van der Waals surface area (Å²) in [5.74, 6) is -1.37. The number of carbonyl (C=O) groups is 2. The monoisotopic (exact) mass is 496 g/mol. The van der Waals surface area contributed by atoms with E-state index in [1.807, 2.05) is 30.3 Å². The molecule has 184 valence electrons. The quantitative estimate of drug-likeness (QED) is 0.452. The zero-order valence-electron chi connectivity index (χ0n) is 19.6. The van der Waals surface area contributed by atoms with E-state index in [1.165, 1.54) is 0 Å². The molecule has 1 aliphatic carbocycles. The van der Waals surface area contributed by atoms with Crippen molar-refractivity contribution in [3.63, 3.8) is 0 Å². The van der Waals surface area contributed by atoms with E-state index in [2.05, 4.69) is 5.32 Å². The predicted molar refractivity (Wildman–Crippen MR) is 133 cm³/mol. The lowest BCUT2D eigenvalue weighted by molar-refractivity contribution is -0.140. The fourth-order valence-corrected chi connectivity index (χ4v) is 5.85. The predicted octanol–water partition coefficient (Wildman–Crippen LogP) is 4.34. The third-order valence-electron chi connectivity index (χ3n) is 7.65. The average Bonchev–Trinajstić information content (AvgIpc) is 3.46. The number of amides is 1. The lowest BCUT2D eigenvalue weighted by Crippen LogP contribution is -2.59. The van der Waals surface area contributed by atoms with Gasteiger partial charge in [0.2, 0.25) is 0 Å². The molecule has 8 heteroatoms. The number of fused-ring (bicyclic) bond motifs is 1. The normalized spacial score (nSPS) is 18.4.